The van der Waals surface area contributed by atoms with Gasteiger partial charge in [-0.15, -0.1) is 0 Å². The molecule has 3 heteroatoms. The quantitative estimate of drug-likeness (QED) is 0.884. The molecule has 1 aromatic heterocycles. The van der Waals surface area contributed by atoms with Crippen LogP contribution in [-0.2, 0) is 0 Å². The predicted molar refractivity (Wildman–Crippen MR) is 75.2 cm³/mol. The fourth-order valence-electron chi connectivity index (χ4n) is 2.77. The van der Waals surface area contributed by atoms with Gasteiger partial charge in [-0.3, -0.25) is 4.98 Å². The highest BCUT2D eigenvalue weighted by molar-refractivity contribution is 5.56. The van der Waals surface area contributed by atoms with Crippen LogP contribution in [0.25, 0.3) is 0 Å². The predicted octanol–water partition coefficient (Wildman–Crippen LogP) is 3.78. The summed E-state index contributed by atoms with van der Waals surface area (Å²) < 4.78 is 5.39. The van der Waals surface area contributed by atoms with Crippen molar-refractivity contribution in [3.8, 4) is 5.75 Å². The Hall–Kier alpha value is -1.25. The second kappa shape index (κ2) is 5.17. The first-order valence-electron chi connectivity index (χ1n) is 6.80. The summed E-state index contributed by atoms with van der Waals surface area (Å²) in [7, 11) is 1.70. The van der Waals surface area contributed by atoms with Crippen molar-refractivity contribution in [2.75, 3.05) is 12.4 Å². The molecular formula is C15H24N2O. The zero-order chi connectivity index (χ0) is 13.2. The summed E-state index contributed by atoms with van der Waals surface area (Å²) in [5, 5.41) is 3.67. The van der Waals surface area contributed by atoms with Crippen molar-refractivity contribution < 1.29 is 4.74 Å². The van der Waals surface area contributed by atoms with Gasteiger partial charge in [0.2, 0.25) is 0 Å². The number of nitrogens with zero attached hydrogens (tertiary/aromatic N) is 1. The van der Waals surface area contributed by atoms with Gasteiger partial charge in [-0.25, -0.2) is 0 Å². The lowest BCUT2D eigenvalue weighted by molar-refractivity contribution is 0.216. The van der Waals surface area contributed by atoms with Crippen molar-refractivity contribution in [1.29, 1.82) is 0 Å². The highest BCUT2D eigenvalue weighted by Crippen LogP contribution is 2.38. The maximum Gasteiger partial charge on any atom is 0.160 e. The fourth-order valence-corrected chi connectivity index (χ4v) is 2.77. The molecule has 3 nitrogen and oxygen atoms in total. The number of aryl methyl sites for hydroxylation is 1. The topological polar surface area (TPSA) is 34.1 Å². The van der Waals surface area contributed by atoms with Crippen molar-refractivity contribution in [2.24, 2.45) is 5.41 Å². The Kier molecular flexibility index (Phi) is 3.79. The molecule has 0 aliphatic heterocycles. The second-order valence-corrected chi connectivity index (χ2v) is 5.96. The van der Waals surface area contributed by atoms with Crippen molar-refractivity contribution in [3.05, 3.63) is 18.0 Å². The number of hydrogen-bond donors (Lipinski definition) is 1. The molecule has 0 radical (unpaired) electrons. The van der Waals surface area contributed by atoms with Crippen molar-refractivity contribution in [2.45, 2.75) is 52.5 Å². The first kappa shape index (κ1) is 13.2. The molecule has 1 aliphatic carbocycles. The van der Waals surface area contributed by atoms with Gasteiger partial charge in [0, 0.05) is 11.7 Å². The molecule has 0 spiro atoms. The minimum atomic E-state index is 0.348. The molecule has 1 atom stereocenters. The van der Waals surface area contributed by atoms with Crippen LogP contribution in [0.5, 0.6) is 5.75 Å². The van der Waals surface area contributed by atoms with Gasteiger partial charge >= 0.3 is 0 Å². The average molecular weight is 248 g/mol. The molecule has 0 saturated heterocycles. The van der Waals surface area contributed by atoms with Gasteiger partial charge in [-0.2, -0.15) is 0 Å². The van der Waals surface area contributed by atoms with Crippen LogP contribution in [0.3, 0.4) is 0 Å². The van der Waals surface area contributed by atoms with Gasteiger partial charge in [0.15, 0.2) is 5.75 Å². The van der Waals surface area contributed by atoms with Gasteiger partial charge < -0.3 is 10.1 Å². The van der Waals surface area contributed by atoms with E-state index in [-0.39, 0.29) is 0 Å². The Morgan fingerprint density at radius 3 is 2.83 bits per heavy atom. The summed E-state index contributed by atoms with van der Waals surface area (Å²) >= 11 is 0. The molecule has 1 aliphatic rings. The van der Waals surface area contributed by atoms with Gasteiger partial charge in [0.1, 0.15) is 0 Å². The van der Waals surface area contributed by atoms with Gasteiger partial charge in [0.05, 0.1) is 19.0 Å². The molecule has 2 rings (SSSR count). The third-order valence-corrected chi connectivity index (χ3v) is 4.06. The Bertz CT molecular complexity index is 415. The maximum absolute atomic E-state index is 5.39. The van der Waals surface area contributed by atoms with Crippen molar-refractivity contribution in [3.63, 3.8) is 0 Å². The standard InChI is InChI=1S/C15H24N2O/c1-11-9-12(13(18-4)10-16-11)17-14-7-5-6-8-15(14,2)3/h9-10,14H,5-8H2,1-4H3,(H,16,17). The largest absolute Gasteiger partial charge is 0.493 e. The molecular weight excluding hydrogens is 224 g/mol. The summed E-state index contributed by atoms with van der Waals surface area (Å²) in [6.45, 7) is 6.71. The molecule has 100 valence electrons. The average Bonchev–Trinajstić information content (AvgIpc) is 2.32. The molecule has 0 aromatic carbocycles. The number of rotatable bonds is 3. The van der Waals surface area contributed by atoms with Crippen LogP contribution < -0.4 is 10.1 Å². The Labute approximate surface area is 110 Å². The number of anilines is 1. The molecule has 1 fully saturated rings. The van der Waals surface area contributed by atoms with E-state index in [2.05, 4.69) is 30.2 Å². The summed E-state index contributed by atoms with van der Waals surface area (Å²) in [6, 6.07) is 2.59. The number of pyridine rings is 1. The molecule has 1 saturated carbocycles. The van der Waals surface area contributed by atoms with E-state index in [0.29, 0.717) is 11.5 Å². The zero-order valence-electron chi connectivity index (χ0n) is 11.9. The van der Waals surface area contributed by atoms with E-state index >= 15 is 0 Å². The van der Waals surface area contributed by atoms with Crippen LogP contribution >= 0.6 is 0 Å². The molecule has 18 heavy (non-hydrogen) atoms. The van der Waals surface area contributed by atoms with E-state index in [1.807, 2.05) is 6.92 Å². The van der Waals surface area contributed by atoms with E-state index in [0.717, 1.165) is 17.1 Å². The monoisotopic (exact) mass is 248 g/mol. The number of nitrogens with one attached hydrogen (secondary N) is 1. The van der Waals surface area contributed by atoms with Gasteiger partial charge in [-0.05, 0) is 31.2 Å². The lowest BCUT2D eigenvalue weighted by Crippen LogP contribution is -2.39. The number of methoxy groups -OCH3 is 1. The smallest absolute Gasteiger partial charge is 0.160 e. The molecule has 1 N–H and O–H groups in total. The van der Waals surface area contributed by atoms with E-state index in [9.17, 15) is 0 Å². The molecule has 1 aromatic rings. The Morgan fingerprint density at radius 2 is 2.17 bits per heavy atom. The van der Waals surface area contributed by atoms with Crippen molar-refractivity contribution >= 4 is 5.69 Å². The number of ether oxygens (including phenoxy) is 1. The third-order valence-electron chi connectivity index (χ3n) is 4.06. The summed E-state index contributed by atoms with van der Waals surface area (Å²) in [6.07, 6.45) is 6.98. The lowest BCUT2D eigenvalue weighted by Gasteiger charge is -2.39. The fraction of sp³-hybridized carbons (Fsp3) is 0.667. The van der Waals surface area contributed by atoms with Crippen LogP contribution in [0.15, 0.2) is 12.3 Å². The van der Waals surface area contributed by atoms with Crippen molar-refractivity contribution in [1.82, 2.24) is 4.98 Å². The number of hydrogen-bond acceptors (Lipinski definition) is 3. The number of aromatic nitrogens is 1. The summed E-state index contributed by atoms with van der Waals surface area (Å²) in [5.41, 5.74) is 2.44. The van der Waals surface area contributed by atoms with Crippen LogP contribution in [0.1, 0.15) is 45.2 Å². The minimum absolute atomic E-state index is 0.348. The molecule has 0 bridgehead atoms. The Balaban J connectivity index is 2.19. The van der Waals surface area contributed by atoms with Crippen LogP contribution in [-0.4, -0.2) is 18.1 Å². The second-order valence-electron chi connectivity index (χ2n) is 5.96. The Morgan fingerprint density at radius 1 is 1.39 bits per heavy atom. The van der Waals surface area contributed by atoms with Crippen LogP contribution in [0.2, 0.25) is 0 Å². The SMILES string of the molecule is COc1cnc(C)cc1NC1CCCCC1(C)C. The van der Waals surface area contributed by atoms with E-state index in [4.69, 9.17) is 4.74 Å². The van der Waals surface area contributed by atoms with Gasteiger partial charge in [0.25, 0.3) is 0 Å². The summed E-state index contributed by atoms with van der Waals surface area (Å²) in [4.78, 5) is 4.28. The van der Waals surface area contributed by atoms with Crippen LogP contribution in [0, 0.1) is 12.3 Å². The molecule has 0 amide bonds. The molecule has 1 heterocycles. The maximum atomic E-state index is 5.39. The highest BCUT2D eigenvalue weighted by Gasteiger charge is 2.32. The van der Waals surface area contributed by atoms with Gasteiger partial charge in [-0.1, -0.05) is 26.7 Å². The third kappa shape index (κ3) is 2.77. The highest BCUT2D eigenvalue weighted by atomic mass is 16.5. The lowest BCUT2D eigenvalue weighted by atomic mass is 9.73. The zero-order valence-corrected chi connectivity index (χ0v) is 11.9. The van der Waals surface area contributed by atoms with E-state index in [1.165, 1.54) is 25.7 Å². The van der Waals surface area contributed by atoms with Crippen LogP contribution in [0.4, 0.5) is 5.69 Å². The molecule has 1 unspecified atom stereocenters. The van der Waals surface area contributed by atoms with E-state index < -0.39 is 0 Å². The minimum Gasteiger partial charge on any atom is -0.493 e. The van der Waals surface area contributed by atoms with E-state index in [1.54, 1.807) is 13.3 Å². The normalized spacial score (nSPS) is 22.6. The summed E-state index contributed by atoms with van der Waals surface area (Å²) in [5.74, 6) is 0.835. The first-order chi connectivity index (χ1) is 8.53. The first-order valence-corrected chi connectivity index (χ1v) is 6.80.